The van der Waals surface area contributed by atoms with Crippen LogP contribution >= 0.6 is 0 Å². The summed E-state index contributed by atoms with van der Waals surface area (Å²) in [6.07, 6.45) is 0.226. The molecule has 6 heteroatoms. The van der Waals surface area contributed by atoms with E-state index in [9.17, 15) is 5.11 Å². The third-order valence-corrected chi connectivity index (χ3v) is 2.48. The first-order chi connectivity index (χ1) is 9.10. The second-order valence-corrected chi connectivity index (χ2v) is 4.72. The highest BCUT2D eigenvalue weighted by atomic mass is 16.5. The van der Waals surface area contributed by atoms with Crippen LogP contribution in [-0.4, -0.2) is 75.2 Å². The summed E-state index contributed by atoms with van der Waals surface area (Å²) in [7, 11) is 1.61. The van der Waals surface area contributed by atoms with Crippen LogP contribution in [-0.2, 0) is 14.2 Å². The summed E-state index contributed by atoms with van der Waals surface area (Å²) in [5, 5.41) is 21.7. The lowest BCUT2D eigenvalue weighted by Gasteiger charge is -2.19. The summed E-state index contributed by atoms with van der Waals surface area (Å²) in [5.41, 5.74) is 0. The molecule has 3 N–H and O–H groups in total. The van der Waals surface area contributed by atoms with Gasteiger partial charge in [-0.05, 0) is 20.3 Å². The average molecular weight is 279 g/mol. The van der Waals surface area contributed by atoms with Crippen molar-refractivity contribution in [2.45, 2.75) is 38.5 Å². The summed E-state index contributed by atoms with van der Waals surface area (Å²) >= 11 is 0. The van der Waals surface area contributed by atoms with Gasteiger partial charge in [-0.15, -0.1) is 0 Å². The Kier molecular flexibility index (Phi) is 12.6. The molecule has 0 aliphatic carbocycles. The van der Waals surface area contributed by atoms with Crippen LogP contribution in [0.15, 0.2) is 0 Å². The Morgan fingerprint density at radius 3 is 2.47 bits per heavy atom. The van der Waals surface area contributed by atoms with Crippen molar-refractivity contribution in [1.29, 1.82) is 0 Å². The van der Waals surface area contributed by atoms with Crippen molar-refractivity contribution >= 4 is 0 Å². The molecule has 0 heterocycles. The summed E-state index contributed by atoms with van der Waals surface area (Å²) < 4.78 is 15.6. The molecule has 0 amide bonds. The van der Waals surface area contributed by atoms with Crippen LogP contribution in [0.25, 0.3) is 0 Å². The topological polar surface area (TPSA) is 80.2 Å². The number of rotatable bonds is 13. The Hall–Kier alpha value is -0.240. The number of ether oxygens (including phenoxy) is 3. The molecule has 2 unspecified atom stereocenters. The molecule has 0 rings (SSSR count). The van der Waals surface area contributed by atoms with Crippen LogP contribution in [0.3, 0.4) is 0 Å². The molecule has 0 fully saturated rings. The predicted molar refractivity (Wildman–Crippen MR) is 73.3 cm³/mol. The van der Waals surface area contributed by atoms with Crippen molar-refractivity contribution in [3.8, 4) is 0 Å². The number of aliphatic hydroxyl groups is 2. The molecule has 0 saturated heterocycles. The van der Waals surface area contributed by atoms with E-state index in [1.165, 1.54) is 0 Å². The molecule has 0 aliphatic rings. The molecular formula is C13H29NO5. The zero-order chi connectivity index (χ0) is 14.5. The highest BCUT2D eigenvalue weighted by molar-refractivity contribution is 4.68. The maximum atomic E-state index is 9.71. The molecule has 0 saturated carbocycles. The number of methoxy groups -OCH3 is 1. The molecule has 0 aromatic carbocycles. The van der Waals surface area contributed by atoms with Gasteiger partial charge in [0.05, 0.1) is 38.6 Å². The summed E-state index contributed by atoms with van der Waals surface area (Å²) in [6.45, 7) is 6.25. The van der Waals surface area contributed by atoms with Crippen molar-refractivity contribution in [3.05, 3.63) is 0 Å². The van der Waals surface area contributed by atoms with Gasteiger partial charge in [0, 0.05) is 26.3 Å². The van der Waals surface area contributed by atoms with Gasteiger partial charge in [0.1, 0.15) is 0 Å². The SMILES string of the molecule is COCC(CCO)NCC(O)COCCOC(C)C. The lowest BCUT2D eigenvalue weighted by Crippen LogP contribution is -2.40. The van der Waals surface area contributed by atoms with Crippen molar-refractivity contribution < 1.29 is 24.4 Å². The van der Waals surface area contributed by atoms with Crippen LogP contribution in [0.1, 0.15) is 20.3 Å². The Morgan fingerprint density at radius 1 is 1.16 bits per heavy atom. The number of hydrogen-bond donors (Lipinski definition) is 3. The predicted octanol–water partition coefficient (Wildman–Crippen LogP) is -0.224. The third kappa shape index (κ3) is 12.5. The van der Waals surface area contributed by atoms with Crippen molar-refractivity contribution in [1.82, 2.24) is 5.32 Å². The first kappa shape index (κ1) is 18.8. The first-order valence-corrected chi connectivity index (χ1v) is 6.80. The van der Waals surface area contributed by atoms with Gasteiger partial charge in [-0.1, -0.05) is 0 Å². The van der Waals surface area contributed by atoms with Gasteiger partial charge in [0.25, 0.3) is 0 Å². The normalized spacial score (nSPS) is 14.8. The monoisotopic (exact) mass is 279 g/mol. The van der Waals surface area contributed by atoms with E-state index in [2.05, 4.69) is 5.32 Å². The van der Waals surface area contributed by atoms with Gasteiger partial charge in [0.15, 0.2) is 0 Å². The van der Waals surface area contributed by atoms with Crippen LogP contribution in [0.4, 0.5) is 0 Å². The zero-order valence-corrected chi connectivity index (χ0v) is 12.3. The standard InChI is InChI=1S/C13H29NO5/c1-11(2)19-7-6-18-10-13(16)8-14-12(4-5-15)9-17-3/h11-16H,4-10H2,1-3H3. The highest BCUT2D eigenvalue weighted by Crippen LogP contribution is 1.94. The van der Waals surface area contributed by atoms with Crippen LogP contribution in [0.2, 0.25) is 0 Å². The van der Waals surface area contributed by atoms with Crippen LogP contribution < -0.4 is 5.32 Å². The van der Waals surface area contributed by atoms with E-state index in [4.69, 9.17) is 19.3 Å². The van der Waals surface area contributed by atoms with Crippen molar-refractivity contribution in [2.75, 3.05) is 46.7 Å². The molecule has 0 radical (unpaired) electrons. The second kappa shape index (κ2) is 12.8. The summed E-state index contributed by atoms with van der Waals surface area (Å²) in [4.78, 5) is 0. The molecule has 0 aromatic heterocycles. The van der Waals surface area contributed by atoms with E-state index in [0.717, 1.165) is 0 Å². The van der Waals surface area contributed by atoms with Gasteiger partial charge in [-0.25, -0.2) is 0 Å². The Balaban J connectivity index is 3.53. The van der Waals surface area contributed by atoms with E-state index >= 15 is 0 Å². The maximum Gasteiger partial charge on any atom is 0.0897 e. The molecule has 19 heavy (non-hydrogen) atoms. The van der Waals surface area contributed by atoms with Crippen LogP contribution in [0.5, 0.6) is 0 Å². The molecule has 0 aliphatic heterocycles. The van der Waals surface area contributed by atoms with Gasteiger partial charge < -0.3 is 29.7 Å². The molecule has 0 aromatic rings. The second-order valence-electron chi connectivity index (χ2n) is 4.72. The fraction of sp³-hybridized carbons (Fsp3) is 1.00. The smallest absolute Gasteiger partial charge is 0.0897 e. The third-order valence-electron chi connectivity index (χ3n) is 2.48. The Morgan fingerprint density at radius 2 is 1.89 bits per heavy atom. The van der Waals surface area contributed by atoms with Gasteiger partial charge >= 0.3 is 0 Å². The highest BCUT2D eigenvalue weighted by Gasteiger charge is 2.10. The van der Waals surface area contributed by atoms with Gasteiger partial charge in [-0.2, -0.15) is 0 Å². The minimum atomic E-state index is -0.572. The minimum Gasteiger partial charge on any atom is -0.396 e. The van der Waals surface area contributed by atoms with E-state index in [-0.39, 0.29) is 25.4 Å². The van der Waals surface area contributed by atoms with E-state index in [1.54, 1.807) is 7.11 Å². The first-order valence-electron chi connectivity index (χ1n) is 6.80. The molecule has 6 nitrogen and oxygen atoms in total. The fourth-order valence-corrected chi connectivity index (χ4v) is 1.53. The maximum absolute atomic E-state index is 9.71. The average Bonchev–Trinajstić information content (AvgIpc) is 2.35. The minimum absolute atomic E-state index is 0.0499. The van der Waals surface area contributed by atoms with Crippen molar-refractivity contribution in [2.24, 2.45) is 0 Å². The lowest BCUT2D eigenvalue weighted by molar-refractivity contribution is -0.0112. The van der Waals surface area contributed by atoms with E-state index in [1.807, 2.05) is 13.8 Å². The molecular weight excluding hydrogens is 250 g/mol. The van der Waals surface area contributed by atoms with E-state index in [0.29, 0.717) is 32.8 Å². The lowest BCUT2D eigenvalue weighted by atomic mass is 10.2. The molecule has 0 bridgehead atoms. The molecule has 2 atom stereocenters. The van der Waals surface area contributed by atoms with E-state index < -0.39 is 6.10 Å². The summed E-state index contributed by atoms with van der Waals surface area (Å²) in [6, 6.07) is 0.0499. The Bertz CT molecular complexity index is 186. The fourth-order valence-electron chi connectivity index (χ4n) is 1.53. The quantitative estimate of drug-likeness (QED) is 0.404. The van der Waals surface area contributed by atoms with Crippen molar-refractivity contribution in [3.63, 3.8) is 0 Å². The largest absolute Gasteiger partial charge is 0.396 e. The number of nitrogens with one attached hydrogen (secondary N) is 1. The summed E-state index contributed by atoms with van der Waals surface area (Å²) in [5.74, 6) is 0. The molecule has 0 spiro atoms. The van der Waals surface area contributed by atoms with Crippen LogP contribution in [0, 0.1) is 0 Å². The Labute approximate surface area is 116 Å². The number of aliphatic hydroxyl groups excluding tert-OH is 2. The van der Waals surface area contributed by atoms with Gasteiger partial charge in [0.2, 0.25) is 0 Å². The van der Waals surface area contributed by atoms with Gasteiger partial charge in [-0.3, -0.25) is 0 Å². The zero-order valence-electron chi connectivity index (χ0n) is 12.3. The molecule has 116 valence electrons. The number of hydrogen-bond acceptors (Lipinski definition) is 6.